The smallest absolute Gasteiger partial charge is 0.326 e. The minimum absolute atomic E-state index is 0.318. The number of nitrogens with one attached hydrogen (secondary N) is 1. The highest BCUT2D eigenvalue weighted by atomic mass is 16.4. The van der Waals surface area contributed by atoms with E-state index in [2.05, 4.69) is 5.32 Å². The van der Waals surface area contributed by atoms with Crippen LogP contribution in [0.3, 0.4) is 0 Å². The summed E-state index contributed by atoms with van der Waals surface area (Å²) in [5.41, 5.74) is 11.0. The molecule has 29 heavy (non-hydrogen) atoms. The maximum atomic E-state index is 13.0. The van der Waals surface area contributed by atoms with E-state index >= 15 is 0 Å². The van der Waals surface area contributed by atoms with Crippen molar-refractivity contribution in [1.29, 1.82) is 0 Å². The number of hydrogen-bond donors (Lipinski definition) is 5. The molecular formula is C20H38N4O5. The molecule has 1 aliphatic rings. The fourth-order valence-electron chi connectivity index (χ4n) is 3.80. The van der Waals surface area contributed by atoms with Gasteiger partial charge in [-0.05, 0) is 51.6 Å². The van der Waals surface area contributed by atoms with Crippen LogP contribution in [0.2, 0.25) is 0 Å². The summed E-state index contributed by atoms with van der Waals surface area (Å²) in [6, 6.07) is -2.37. The molecule has 0 aromatic rings. The van der Waals surface area contributed by atoms with Gasteiger partial charge in [-0.3, -0.25) is 14.9 Å². The van der Waals surface area contributed by atoms with Crippen molar-refractivity contribution in [3.05, 3.63) is 0 Å². The Kier molecular flexibility index (Phi) is 12.5. The number of nitrogens with zero attached hydrogens (tertiary/aromatic N) is 1. The van der Waals surface area contributed by atoms with Crippen LogP contribution in [-0.2, 0) is 14.4 Å². The molecule has 7 N–H and O–H groups in total. The summed E-state index contributed by atoms with van der Waals surface area (Å²) < 4.78 is 0. The number of nitrogens with two attached hydrogens (primary N) is 2. The van der Waals surface area contributed by atoms with Gasteiger partial charge in [-0.15, -0.1) is 0 Å². The SMILES string of the molecule is NCCCCCCCC(N[C@@H](CCCCN)C(=O)N1CCC[C@H]1C(=O)O)C(=O)O. The van der Waals surface area contributed by atoms with E-state index in [1.54, 1.807) is 0 Å². The third kappa shape index (κ3) is 9.10. The van der Waals surface area contributed by atoms with Crippen LogP contribution in [0.1, 0.15) is 70.6 Å². The molecule has 0 radical (unpaired) electrons. The van der Waals surface area contributed by atoms with Crippen LogP contribution >= 0.6 is 0 Å². The molecule has 1 heterocycles. The number of unbranched alkanes of at least 4 members (excludes halogenated alkanes) is 5. The molecule has 0 aromatic carbocycles. The maximum Gasteiger partial charge on any atom is 0.326 e. The number of rotatable bonds is 16. The summed E-state index contributed by atoms with van der Waals surface area (Å²) in [5, 5.41) is 22.0. The summed E-state index contributed by atoms with van der Waals surface area (Å²) in [7, 11) is 0. The third-order valence-electron chi connectivity index (χ3n) is 5.46. The number of carboxylic acid groups (broad SMARTS) is 2. The summed E-state index contributed by atoms with van der Waals surface area (Å²) in [6.07, 6.45) is 8.04. The second kappa shape index (κ2) is 14.3. The van der Waals surface area contributed by atoms with Crippen molar-refractivity contribution in [3.8, 4) is 0 Å². The number of amides is 1. The van der Waals surface area contributed by atoms with Crippen LogP contribution in [-0.4, -0.2) is 70.7 Å². The molecule has 0 aliphatic carbocycles. The lowest BCUT2D eigenvalue weighted by Crippen LogP contribution is -2.54. The number of aliphatic carboxylic acids is 2. The maximum absolute atomic E-state index is 13.0. The molecule has 3 atom stereocenters. The van der Waals surface area contributed by atoms with Crippen molar-refractivity contribution in [2.45, 2.75) is 88.8 Å². The molecule has 0 saturated carbocycles. The minimum Gasteiger partial charge on any atom is -0.480 e. The van der Waals surface area contributed by atoms with Gasteiger partial charge >= 0.3 is 11.9 Å². The van der Waals surface area contributed by atoms with Crippen molar-refractivity contribution >= 4 is 17.8 Å². The molecule has 9 nitrogen and oxygen atoms in total. The molecule has 0 bridgehead atoms. The highest BCUT2D eigenvalue weighted by Crippen LogP contribution is 2.20. The van der Waals surface area contributed by atoms with Crippen LogP contribution in [0.4, 0.5) is 0 Å². The number of carbonyl (C=O) groups excluding carboxylic acids is 1. The monoisotopic (exact) mass is 414 g/mol. The zero-order valence-corrected chi connectivity index (χ0v) is 17.4. The van der Waals surface area contributed by atoms with Gasteiger partial charge in [0.1, 0.15) is 12.1 Å². The lowest BCUT2D eigenvalue weighted by Gasteiger charge is -2.29. The molecule has 0 aromatic heterocycles. The molecule has 1 aliphatic heterocycles. The minimum atomic E-state index is -1.01. The van der Waals surface area contributed by atoms with E-state index in [4.69, 9.17) is 11.5 Å². The molecule has 9 heteroatoms. The van der Waals surface area contributed by atoms with Gasteiger partial charge in [0.15, 0.2) is 0 Å². The summed E-state index contributed by atoms with van der Waals surface area (Å²) in [4.78, 5) is 37.6. The first-order valence-corrected chi connectivity index (χ1v) is 10.8. The highest BCUT2D eigenvalue weighted by Gasteiger charge is 2.38. The first-order chi connectivity index (χ1) is 13.9. The van der Waals surface area contributed by atoms with Gasteiger partial charge in [0, 0.05) is 6.54 Å². The van der Waals surface area contributed by atoms with Crippen LogP contribution in [0.25, 0.3) is 0 Å². The summed E-state index contributed by atoms with van der Waals surface area (Å²) >= 11 is 0. The van der Waals surface area contributed by atoms with Gasteiger partial charge in [0.2, 0.25) is 5.91 Å². The van der Waals surface area contributed by atoms with Crippen LogP contribution in [0, 0.1) is 0 Å². The first-order valence-electron chi connectivity index (χ1n) is 10.8. The van der Waals surface area contributed by atoms with Gasteiger partial charge in [-0.1, -0.05) is 32.1 Å². The Balaban J connectivity index is 2.71. The predicted octanol–water partition coefficient (Wildman–Crippen LogP) is 0.902. The Morgan fingerprint density at radius 3 is 2.07 bits per heavy atom. The van der Waals surface area contributed by atoms with E-state index in [0.29, 0.717) is 51.7 Å². The Labute approximate surface area is 173 Å². The molecule has 1 rings (SSSR count). The van der Waals surface area contributed by atoms with Crippen LogP contribution in [0.15, 0.2) is 0 Å². The largest absolute Gasteiger partial charge is 0.480 e. The van der Waals surface area contributed by atoms with Crippen molar-refractivity contribution in [2.75, 3.05) is 19.6 Å². The number of carboxylic acids is 2. The Morgan fingerprint density at radius 1 is 0.897 bits per heavy atom. The van der Waals surface area contributed by atoms with Crippen molar-refractivity contribution in [3.63, 3.8) is 0 Å². The fourth-order valence-corrected chi connectivity index (χ4v) is 3.80. The average Bonchev–Trinajstić information content (AvgIpc) is 3.18. The molecule has 1 amide bonds. The number of likely N-dealkylation sites (tertiary alicyclic amines) is 1. The highest BCUT2D eigenvalue weighted by molar-refractivity contribution is 5.88. The van der Waals surface area contributed by atoms with E-state index in [9.17, 15) is 24.6 Å². The molecular weight excluding hydrogens is 376 g/mol. The van der Waals surface area contributed by atoms with Crippen molar-refractivity contribution in [1.82, 2.24) is 10.2 Å². The van der Waals surface area contributed by atoms with E-state index in [1.807, 2.05) is 0 Å². The van der Waals surface area contributed by atoms with Crippen molar-refractivity contribution in [2.24, 2.45) is 11.5 Å². The lowest BCUT2D eigenvalue weighted by molar-refractivity contribution is -0.149. The average molecular weight is 415 g/mol. The predicted molar refractivity (Wildman–Crippen MR) is 110 cm³/mol. The fraction of sp³-hybridized carbons (Fsp3) is 0.850. The summed E-state index contributed by atoms with van der Waals surface area (Å²) in [5.74, 6) is -2.32. The quantitative estimate of drug-likeness (QED) is 0.233. The van der Waals surface area contributed by atoms with E-state index in [0.717, 1.165) is 38.5 Å². The first kappa shape index (κ1) is 25.3. The summed E-state index contributed by atoms with van der Waals surface area (Å²) in [6.45, 7) is 1.55. The molecule has 168 valence electrons. The zero-order valence-electron chi connectivity index (χ0n) is 17.4. The number of hydrogen-bond acceptors (Lipinski definition) is 6. The molecule has 1 saturated heterocycles. The van der Waals surface area contributed by atoms with Crippen molar-refractivity contribution < 1.29 is 24.6 Å². The topological polar surface area (TPSA) is 159 Å². The lowest BCUT2D eigenvalue weighted by atomic mass is 10.0. The molecule has 1 fully saturated rings. The number of carbonyl (C=O) groups is 3. The molecule has 0 spiro atoms. The third-order valence-corrected chi connectivity index (χ3v) is 5.46. The zero-order chi connectivity index (χ0) is 21.6. The van der Waals surface area contributed by atoms with Gasteiger partial charge in [0.25, 0.3) is 0 Å². The van der Waals surface area contributed by atoms with Gasteiger partial charge in [0.05, 0.1) is 6.04 Å². The Hall–Kier alpha value is -1.71. The van der Waals surface area contributed by atoms with Crippen LogP contribution in [0.5, 0.6) is 0 Å². The standard InChI is InChI=1S/C20H38N4O5/c21-12-6-3-1-2-4-10-16(19(26)27)23-15(9-5-7-13-22)18(25)24-14-8-11-17(24)20(28)29/h15-17,23H,1-14,21-22H2,(H,26,27)(H,28,29)/t15-,16?,17-/m0/s1. The Bertz CT molecular complexity index is 517. The van der Waals surface area contributed by atoms with Gasteiger partial charge < -0.3 is 26.6 Å². The molecule has 1 unspecified atom stereocenters. The van der Waals surface area contributed by atoms with Gasteiger partial charge in [-0.25, -0.2) is 4.79 Å². The second-order valence-electron chi connectivity index (χ2n) is 7.77. The Morgan fingerprint density at radius 2 is 1.45 bits per heavy atom. The van der Waals surface area contributed by atoms with Gasteiger partial charge in [-0.2, -0.15) is 0 Å². The van der Waals surface area contributed by atoms with E-state index < -0.39 is 30.1 Å². The normalized spacial score (nSPS) is 18.6. The van der Waals surface area contributed by atoms with E-state index in [-0.39, 0.29) is 5.91 Å². The van der Waals surface area contributed by atoms with E-state index in [1.165, 1.54) is 4.90 Å². The second-order valence-corrected chi connectivity index (χ2v) is 7.77. The van der Waals surface area contributed by atoms with Crippen LogP contribution < -0.4 is 16.8 Å².